The van der Waals surface area contributed by atoms with Crippen LogP contribution in [0.2, 0.25) is 0 Å². The molecule has 0 bridgehead atoms. The highest BCUT2D eigenvalue weighted by atomic mass is 32.2. The Morgan fingerprint density at radius 2 is 2.18 bits per heavy atom. The summed E-state index contributed by atoms with van der Waals surface area (Å²) in [5.41, 5.74) is 0.739. The lowest BCUT2D eigenvalue weighted by Crippen LogP contribution is -2.02. The van der Waals surface area contributed by atoms with Crippen LogP contribution < -0.4 is 0 Å². The maximum atomic E-state index is 10.7. The lowest BCUT2D eigenvalue weighted by atomic mass is 10.2. The topological polar surface area (TPSA) is 97.6 Å². The van der Waals surface area contributed by atoms with Crippen LogP contribution >= 0.6 is 11.8 Å². The van der Waals surface area contributed by atoms with Gasteiger partial charge in [0, 0.05) is 24.2 Å². The Morgan fingerprint density at radius 3 is 2.73 bits per heavy atom. The molecule has 0 aliphatic rings. The molecule has 1 unspecified atom stereocenters. The predicted molar refractivity (Wildman–Crippen MR) is 83.2 cm³/mol. The quantitative estimate of drug-likeness (QED) is 0.352. The molecule has 1 aromatic carbocycles. The molecule has 0 aliphatic heterocycles. The van der Waals surface area contributed by atoms with Crippen molar-refractivity contribution in [1.29, 1.82) is 5.26 Å². The van der Waals surface area contributed by atoms with Crippen molar-refractivity contribution in [1.82, 2.24) is 14.8 Å². The molecule has 0 spiro atoms. The number of hydrogen-bond acceptors (Lipinski definition) is 6. The molecule has 1 aromatic heterocycles. The highest BCUT2D eigenvalue weighted by molar-refractivity contribution is 8.00. The fourth-order valence-corrected chi connectivity index (χ4v) is 2.54. The van der Waals surface area contributed by atoms with Crippen LogP contribution in [0.4, 0.5) is 5.69 Å². The first-order chi connectivity index (χ1) is 10.6. The average Bonchev–Trinajstić information content (AvgIpc) is 2.90. The number of nitrogens with zero attached hydrogens (tertiary/aromatic N) is 5. The molecule has 2 rings (SSSR count). The Balaban J connectivity index is 2.40. The van der Waals surface area contributed by atoms with Crippen LogP contribution in [-0.4, -0.2) is 24.9 Å². The first kappa shape index (κ1) is 15.7. The fraction of sp³-hybridized carbons (Fsp3) is 0.214. The van der Waals surface area contributed by atoms with Gasteiger partial charge in [-0.05, 0) is 19.1 Å². The zero-order valence-electron chi connectivity index (χ0n) is 11.8. The number of thioether (sulfide) groups is 1. The largest absolute Gasteiger partial charge is 0.298 e. The van der Waals surface area contributed by atoms with Crippen LogP contribution in [0.5, 0.6) is 0 Å². The van der Waals surface area contributed by atoms with E-state index in [1.165, 1.54) is 23.9 Å². The van der Waals surface area contributed by atoms with E-state index >= 15 is 0 Å². The molecule has 8 heteroatoms. The Labute approximate surface area is 131 Å². The predicted octanol–water partition coefficient (Wildman–Crippen LogP) is 3.04. The van der Waals surface area contributed by atoms with Crippen molar-refractivity contribution in [3.05, 3.63) is 47.0 Å². The summed E-state index contributed by atoms with van der Waals surface area (Å²) >= 11 is 1.31. The Hall–Kier alpha value is -2.66. The Morgan fingerprint density at radius 1 is 1.50 bits per heavy atom. The molecule has 2 aromatic rings. The molecule has 7 nitrogen and oxygen atoms in total. The number of rotatable bonds is 6. The van der Waals surface area contributed by atoms with Gasteiger partial charge in [0.25, 0.3) is 5.69 Å². The minimum atomic E-state index is -0.450. The second-order valence-corrected chi connectivity index (χ2v) is 5.71. The number of non-ortho nitro benzene ring substituents is 1. The van der Waals surface area contributed by atoms with Gasteiger partial charge >= 0.3 is 0 Å². The third-order valence-corrected chi connectivity index (χ3v) is 3.80. The summed E-state index contributed by atoms with van der Waals surface area (Å²) in [5, 5.41) is 28.2. The van der Waals surface area contributed by atoms with E-state index in [1.54, 1.807) is 25.1 Å². The summed E-state index contributed by atoms with van der Waals surface area (Å²) in [6.45, 7) is 5.97. The van der Waals surface area contributed by atoms with E-state index < -0.39 is 4.92 Å². The number of hydrogen-bond donors (Lipinski definition) is 0. The minimum absolute atomic E-state index is 0.0197. The van der Waals surface area contributed by atoms with Crippen molar-refractivity contribution in [2.24, 2.45) is 0 Å². The SMILES string of the molecule is C=CCn1c(SC(C)C#N)nnc1-c1ccc([N+](=O)[O-])cc1. The summed E-state index contributed by atoms with van der Waals surface area (Å²) < 4.78 is 1.83. The number of nitriles is 1. The normalized spacial score (nSPS) is 11.6. The van der Waals surface area contributed by atoms with Crippen LogP contribution in [0, 0.1) is 21.4 Å². The zero-order chi connectivity index (χ0) is 16.1. The van der Waals surface area contributed by atoms with Crippen molar-refractivity contribution >= 4 is 17.4 Å². The van der Waals surface area contributed by atoms with E-state index in [0.717, 1.165) is 5.56 Å². The van der Waals surface area contributed by atoms with Crippen molar-refractivity contribution < 1.29 is 4.92 Å². The minimum Gasteiger partial charge on any atom is -0.298 e. The van der Waals surface area contributed by atoms with Gasteiger partial charge in [-0.15, -0.1) is 16.8 Å². The Kier molecular flexibility index (Phi) is 4.91. The zero-order valence-corrected chi connectivity index (χ0v) is 12.7. The number of nitro benzene ring substituents is 1. The molecule has 22 heavy (non-hydrogen) atoms. The van der Waals surface area contributed by atoms with E-state index in [0.29, 0.717) is 17.5 Å². The number of aromatic nitrogens is 3. The third kappa shape index (κ3) is 3.32. The highest BCUT2D eigenvalue weighted by Crippen LogP contribution is 2.27. The van der Waals surface area contributed by atoms with E-state index in [-0.39, 0.29) is 10.9 Å². The molecule has 1 atom stereocenters. The van der Waals surface area contributed by atoms with E-state index in [2.05, 4.69) is 22.8 Å². The first-order valence-corrected chi connectivity index (χ1v) is 7.30. The molecule has 0 amide bonds. The highest BCUT2D eigenvalue weighted by Gasteiger charge is 2.16. The van der Waals surface area contributed by atoms with Gasteiger partial charge in [-0.25, -0.2) is 0 Å². The molecule has 1 heterocycles. The molecule has 0 saturated carbocycles. The summed E-state index contributed by atoms with van der Waals surface area (Å²) in [6, 6.07) is 8.24. The third-order valence-electron chi connectivity index (χ3n) is 2.83. The van der Waals surface area contributed by atoms with Gasteiger partial charge in [0.05, 0.1) is 16.2 Å². The number of benzene rings is 1. The average molecular weight is 315 g/mol. The monoisotopic (exact) mass is 315 g/mol. The van der Waals surface area contributed by atoms with Gasteiger partial charge in [-0.3, -0.25) is 14.7 Å². The van der Waals surface area contributed by atoms with Crippen LogP contribution in [-0.2, 0) is 6.54 Å². The molecular weight excluding hydrogens is 302 g/mol. The lowest BCUT2D eigenvalue weighted by molar-refractivity contribution is -0.384. The number of nitro groups is 1. The fourth-order valence-electron chi connectivity index (χ4n) is 1.80. The second-order valence-electron chi connectivity index (χ2n) is 4.40. The number of allylic oxidation sites excluding steroid dienone is 1. The molecule has 0 fully saturated rings. The van der Waals surface area contributed by atoms with Crippen molar-refractivity contribution in [2.45, 2.75) is 23.9 Å². The smallest absolute Gasteiger partial charge is 0.269 e. The Bertz CT molecular complexity index is 733. The van der Waals surface area contributed by atoms with E-state index in [4.69, 9.17) is 5.26 Å². The van der Waals surface area contributed by atoms with Crippen LogP contribution in [0.3, 0.4) is 0 Å². The maximum absolute atomic E-state index is 10.7. The van der Waals surface area contributed by atoms with Gasteiger partial charge < -0.3 is 0 Å². The first-order valence-electron chi connectivity index (χ1n) is 6.42. The van der Waals surface area contributed by atoms with Crippen molar-refractivity contribution in [3.63, 3.8) is 0 Å². The summed E-state index contributed by atoms with van der Waals surface area (Å²) in [7, 11) is 0. The molecule has 0 radical (unpaired) electrons. The molecular formula is C14H13N5O2S. The van der Waals surface area contributed by atoms with Crippen molar-refractivity contribution in [3.8, 4) is 17.5 Å². The standard InChI is InChI=1S/C14H13N5O2S/c1-3-8-18-13(16-17-14(18)22-10(2)9-15)11-4-6-12(7-5-11)19(20)21/h3-7,10H,1,8H2,2H3. The molecule has 0 saturated heterocycles. The summed E-state index contributed by atoms with van der Waals surface area (Å²) in [4.78, 5) is 10.3. The van der Waals surface area contributed by atoms with E-state index in [9.17, 15) is 10.1 Å². The summed E-state index contributed by atoms with van der Waals surface area (Å²) in [5.74, 6) is 0.586. The molecule has 0 aliphatic carbocycles. The molecule has 0 N–H and O–H groups in total. The van der Waals surface area contributed by atoms with Crippen molar-refractivity contribution in [2.75, 3.05) is 0 Å². The lowest BCUT2D eigenvalue weighted by Gasteiger charge is -2.08. The van der Waals surface area contributed by atoms with Crippen LogP contribution in [0.25, 0.3) is 11.4 Å². The second kappa shape index (κ2) is 6.87. The van der Waals surface area contributed by atoms with Crippen LogP contribution in [0.1, 0.15) is 6.92 Å². The maximum Gasteiger partial charge on any atom is 0.269 e. The van der Waals surface area contributed by atoms with Crippen LogP contribution in [0.15, 0.2) is 42.1 Å². The van der Waals surface area contributed by atoms with Gasteiger partial charge in [-0.2, -0.15) is 5.26 Å². The summed E-state index contributed by atoms with van der Waals surface area (Å²) in [6.07, 6.45) is 1.71. The van der Waals surface area contributed by atoms with Gasteiger partial charge in [0.15, 0.2) is 11.0 Å². The van der Waals surface area contributed by atoms with Gasteiger partial charge in [0.2, 0.25) is 0 Å². The van der Waals surface area contributed by atoms with Gasteiger partial charge in [-0.1, -0.05) is 17.8 Å². The van der Waals surface area contributed by atoms with Gasteiger partial charge in [0.1, 0.15) is 0 Å². The molecule has 112 valence electrons. The van der Waals surface area contributed by atoms with E-state index in [1.807, 2.05) is 4.57 Å².